The molecule has 7 nitrogen and oxygen atoms in total. The van der Waals surface area contributed by atoms with Crippen LogP contribution < -0.4 is 5.32 Å². The average molecular weight is 431 g/mol. The van der Waals surface area contributed by atoms with Crippen molar-refractivity contribution in [2.75, 3.05) is 6.26 Å². The third kappa shape index (κ3) is 6.25. The first-order valence-corrected chi connectivity index (χ1v) is 11.6. The van der Waals surface area contributed by atoms with E-state index in [9.17, 15) is 18.0 Å². The van der Waals surface area contributed by atoms with E-state index in [1.165, 1.54) is 13.0 Å². The molecule has 160 valence electrons. The van der Waals surface area contributed by atoms with Gasteiger partial charge in [0.2, 0.25) is 20.9 Å². The number of nitrogens with one attached hydrogen (secondary N) is 1. The number of amidine groups is 1. The maximum absolute atomic E-state index is 12.4. The molecule has 1 amide bonds. The first-order chi connectivity index (χ1) is 14.2. The lowest BCUT2D eigenvalue weighted by Gasteiger charge is -2.16. The highest BCUT2D eigenvalue weighted by atomic mass is 32.2. The number of hydrogen-bond acceptors (Lipinski definition) is 6. The van der Waals surface area contributed by atoms with Crippen LogP contribution in [0.3, 0.4) is 0 Å². The zero-order valence-electron chi connectivity index (χ0n) is 17.5. The molecular formula is C22H26N2O5S. The van der Waals surface area contributed by atoms with Crippen molar-refractivity contribution < 1.29 is 22.7 Å². The normalized spacial score (nSPS) is 21.1. The van der Waals surface area contributed by atoms with Crippen molar-refractivity contribution in [2.45, 2.75) is 39.8 Å². The van der Waals surface area contributed by atoms with Crippen LogP contribution >= 0.6 is 0 Å². The van der Waals surface area contributed by atoms with Crippen LogP contribution in [0.4, 0.5) is 0 Å². The van der Waals surface area contributed by atoms with Crippen molar-refractivity contribution in [3.63, 3.8) is 0 Å². The molecule has 1 N–H and O–H groups in total. The summed E-state index contributed by atoms with van der Waals surface area (Å²) in [6.07, 6.45) is 1.36. The lowest BCUT2D eigenvalue weighted by Crippen LogP contribution is -2.37. The first-order valence-electron chi connectivity index (χ1n) is 9.67. The van der Waals surface area contributed by atoms with E-state index in [0.29, 0.717) is 12.0 Å². The molecule has 0 aromatic heterocycles. The number of rotatable bonds is 2. The van der Waals surface area contributed by atoms with Gasteiger partial charge in [0.1, 0.15) is 0 Å². The highest BCUT2D eigenvalue weighted by Gasteiger charge is 2.22. The number of ether oxygens (including phenoxy) is 1. The Labute approximate surface area is 176 Å². The molecule has 0 saturated carbocycles. The second-order valence-electron chi connectivity index (χ2n) is 6.59. The van der Waals surface area contributed by atoms with E-state index in [4.69, 9.17) is 4.74 Å². The lowest BCUT2D eigenvalue weighted by atomic mass is 9.96. The van der Waals surface area contributed by atoms with Crippen LogP contribution in [-0.2, 0) is 30.6 Å². The fourth-order valence-corrected chi connectivity index (χ4v) is 3.65. The van der Waals surface area contributed by atoms with Gasteiger partial charge in [-0.1, -0.05) is 56.3 Å². The second-order valence-corrected chi connectivity index (χ2v) is 8.52. The van der Waals surface area contributed by atoms with E-state index in [0.717, 1.165) is 22.6 Å². The molecule has 0 saturated heterocycles. The molecule has 2 aromatic carbocycles. The first kappa shape index (κ1) is 23.3. The molecule has 1 aliphatic rings. The number of hydrogen-bond donors (Lipinski definition) is 1. The molecule has 8 heteroatoms. The van der Waals surface area contributed by atoms with Gasteiger partial charge in [0.05, 0.1) is 0 Å². The van der Waals surface area contributed by atoms with E-state index in [-0.39, 0.29) is 6.42 Å². The van der Waals surface area contributed by atoms with Gasteiger partial charge in [-0.3, -0.25) is 4.79 Å². The van der Waals surface area contributed by atoms with Crippen molar-refractivity contribution in [1.29, 1.82) is 0 Å². The topological polar surface area (TPSA) is 102 Å². The number of nitrogens with zero attached hydrogens (tertiary/aromatic N) is 1. The molecule has 3 rings (SSSR count). The summed E-state index contributed by atoms with van der Waals surface area (Å²) in [6, 6.07) is 13.6. The van der Waals surface area contributed by atoms with E-state index >= 15 is 0 Å². The standard InChI is InChI=1S/C20H20N2O5S.C2H6/c1-13-21-20(28(2,25)26)22-18(23)11-14(12-19(24)27-13)10-16-8-5-7-15-6-3-4-9-17(15)16;1-2/h3-9,12-13H,10-11H2,1-2H3,(H,21,22,23);1-2H3/b14-12-;. The molecule has 0 radical (unpaired) electrons. The average Bonchev–Trinajstić information content (AvgIpc) is 2.68. The molecule has 0 spiro atoms. The van der Waals surface area contributed by atoms with Crippen LogP contribution in [0.2, 0.25) is 0 Å². The van der Waals surface area contributed by atoms with Gasteiger partial charge in [0.15, 0.2) is 6.23 Å². The summed E-state index contributed by atoms with van der Waals surface area (Å²) in [5.74, 6) is -1.23. The maximum atomic E-state index is 12.4. The fourth-order valence-electron chi connectivity index (χ4n) is 3.01. The number of fused-ring (bicyclic) bond motifs is 1. The Morgan fingerprint density at radius 2 is 1.77 bits per heavy atom. The van der Waals surface area contributed by atoms with E-state index in [1.54, 1.807) is 0 Å². The molecule has 1 aliphatic heterocycles. The van der Waals surface area contributed by atoms with Crippen LogP contribution in [0.1, 0.15) is 32.8 Å². The van der Waals surface area contributed by atoms with Crippen LogP contribution in [0.25, 0.3) is 10.8 Å². The predicted molar refractivity (Wildman–Crippen MR) is 118 cm³/mol. The predicted octanol–water partition coefficient (Wildman–Crippen LogP) is 3.14. The van der Waals surface area contributed by atoms with Crippen molar-refractivity contribution >= 4 is 37.7 Å². The van der Waals surface area contributed by atoms with Gasteiger partial charge < -0.3 is 10.1 Å². The minimum Gasteiger partial charge on any atom is -0.437 e. The van der Waals surface area contributed by atoms with Crippen molar-refractivity contribution in [2.24, 2.45) is 4.99 Å². The van der Waals surface area contributed by atoms with Crippen LogP contribution in [0.5, 0.6) is 0 Å². The summed E-state index contributed by atoms with van der Waals surface area (Å²) in [6.45, 7) is 5.43. The molecule has 1 heterocycles. The molecule has 2 aromatic rings. The quantitative estimate of drug-likeness (QED) is 0.738. The smallest absolute Gasteiger partial charge is 0.332 e. The third-order valence-electron chi connectivity index (χ3n) is 4.19. The summed E-state index contributed by atoms with van der Waals surface area (Å²) in [5.41, 5.74) is 1.47. The van der Waals surface area contributed by atoms with Crippen molar-refractivity contribution in [1.82, 2.24) is 5.32 Å². The van der Waals surface area contributed by atoms with Crippen molar-refractivity contribution in [3.05, 3.63) is 59.7 Å². The lowest BCUT2D eigenvalue weighted by molar-refractivity contribution is -0.141. The second kappa shape index (κ2) is 10.2. The minimum absolute atomic E-state index is 0.152. The molecule has 0 aliphatic carbocycles. The maximum Gasteiger partial charge on any atom is 0.332 e. The SMILES string of the molecule is CC.CC1/N=C(/S(C)(=O)=O)NC(=O)C/C(Cc2cccc3ccccc23)=C\C(=O)O1. The number of carbonyl (C=O) groups is 2. The molecule has 30 heavy (non-hydrogen) atoms. The minimum atomic E-state index is -3.77. The summed E-state index contributed by atoms with van der Waals surface area (Å²) in [4.78, 5) is 28.4. The Morgan fingerprint density at radius 3 is 2.47 bits per heavy atom. The fraction of sp³-hybridized carbons (Fsp3) is 0.318. The number of cyclic esters (lactones) is 1. The molecule has 0 fully saturated rings. The number of carbonyl (C=O) groups excluding carboxylic acids is 2. The Balaban J connectivity index is 0.00000155. The Kier molecular flexibility index (Phi) is 7.88. The van der Waals surface area contributed by atoms with Gasteiger partial charge in [0, 0.05) is 18.8 Å². The summed E-state index contributed by atoms with van der Waals surface area (Å²) in [7, 11) is -3.77. The summed E-state index contributed by atoms with van der Waals surface area (Å²) >= 11 is 0. The van der Waals surface area contributed by atoms with Crippen LogP contribution in [0, 0.1) is 0 Å². The number of esters is 1. The van der Waals surface area contributed by atoms with Gasteiger partial charge in [-0.25, -0.2) is 18.2 Å². The molecule has 1 unspecified atom stereocenters. The van der Waals surface area contributed by atoms with Crippen LogP contribution in [-0.4, -0.2) is 37.9 Å². The Bertz CT molecular complexity index is 1100. The Hall–Kier alpha value is -3.00. The number of amides is 1. The molecule has 1 atom stereocenters. The highest BCUT2D eigenvalue weighted by molar-refractivity contribution is 8.05. The molecular weight excluding hydrogens is 404 g/mol. The zero-order valence-corrected chi connectivity index (χ0v) is 18.3. The van der Waals surface area contributed by atoms with Gasteiger partial charge in [-0.15, -0.1) is 0 Å². The zero-order chi connectivity index (χ0) is 22.3. The molecule has 0 bridgehead atoms. The Morgan fingerprint density at radius 1 is 1.10 bits per heavy atom. The van der Waals surface area contributed by atoms with Crippen LogP contribution in [0.15, 0.2) is 59.1 Å². The van der Waals surface area contributed by atoms with Gasteiger partial charge >= 0.3 is 5.97 Å². The highest BCUT2D eigenvalue weighted by Crippen LogP contribution is 2.22. The number of benzene rings is 2. The summed E-state index contributed by atoms with van der Waals surface area (Å²) < 4.78 is 28.8. The van der Waals surface area contributed by atoms with Gasteiger partial charge in [-0.2, -0.15) is 0 Å². The van der Waals surface area contributed by atoms with Gasteiger partial charge in [0.25, 0.3) is 0 Å². The van der Waals surface area contributed by atoms with Crippen molar-refractivity contribution in [3.8, 4) is 0 Å². The van der Waals surface area contributed by atoms with E-state index in [2.05, 4.69) is 10.3 Å². The van der Waals surface area contributed by atoms with E-state index in [1.807, 2.05) is 56.3 Å². The largest absolute Gasteiger partial charge is 0.437 e. The van der Waals surface area contributed by atoms with Gasteiger partial charge in [-0.05, 0) is 35.3 Å². The summed E-state index contributed by atoms with van der Waals surface area (Å²) in [5, 5.41) is 3.87. The number of aliphatic imine (C=N–C) groups is 1. The number of sulfone groups is 1. The monoisotopic (exact) mass is 430 g/mol. The van der Waals surface area contributed by atoms with E-state index < -0.39 is 33.1 Å². The third-order valence-corrected chi connectivity index (χ3v) is 5.10.